The normalized spacial score (nSPS) is 14.4. The monoisotopic (exact) mass is 882 g/mol. The van der Waals surface area contributed by atoms with E-state index in [1.165, 1.54) is 21.9 Å². The summed E-state index contributed by atoms with van der Waals surface area (Å²) < 4.78 is 16.9. The van der Waals surface area contributed by atoms with Crippen molar-refractivity contribution in [3.8, 4) is 33.6 Å². The number of aromatic nitrogens is 2. The molecule has 1 radical (unpaired) electrons. The average molecular weight is 881 g/mol. The van der Waals surface area contributed by atoms with Crippen LogP contribution in [0, 0.1) is 19.1 Å². The number of nitrogens with zero attached hydrogens (tertiary/aromatic N) is 2. The second kappa shape index (κ2) is 15.4. The molecule has 3 aromatic heterocycles. The van der Waals surface area contributed by atoms with Gasteiger partial charge in [0, 0.05) is 33.1 Å². The molecule has 249 valence electrons. The van der Waals surface area contributed by atoms with Crippen LogP contribution in [0.15, 0.2) is 120 Å². The Kier molecular flexibility index (Phi) is 10.6. The first-order valence-electron chi connectivity index (χ1n) is 17.5. The zero-order valence-corrected chi connectivity index (χ0v) is 33.1. The number of furan rings is 1. The topological polar surface area (TPSA) is 38.9 Å². The van der Waals surface area contributed by atoms with E-state index in [0.717, 1.165) is 81.3 Å². The minimum atomic E-state index is -1.77. The van der Waals surface area contributed by atoms with Crippen LogP contribution in [0.5, 0.6) is 0 Å². The van der Waals surface area contributed by atoms with Gasteiger partial charge in [0.25, 0.3) is 0 Å². The van der Waals surface area contributed by atoms with Gasteiger partial charge in [-0.2, -0.15) is 0 Å². The molecule has 1 fully saturated rings. The molecule has 0 saturated heterocycles. The van der Waals surface area contributed by atoms with Gasteiger partial charge in [0.2, 0.25) is 0 Å². The van der Waals surface area contributed by atoms with E-state index < -0.39 is 19.2 Å². The molecule has 4 aromatic carbocycles. The summed E-state index contributed by atoms with van der Waals surface area (Å²) in [4.78, 5) is 9.24. The van der Waals surface area contributed by atoms with Gasteiger partial charge in [0.1, 0.15) is 5.58 Å². The fourth-order valence-corrected chi connectivity index (χ4v) is 10.4. The van der Waals surface area contributed by atoms with E-state index in [4.69, 9.17) is 5.79 Å². The number of hydrogen-bond acceptors (Lipinski definition) is 3. The Hall–Kier alpha value is -3.83. The van der Waals surface area contributed by atoms with Crippen molar-refractivity contribution in [1.29, 1.82) is 0 Å². The van der Waals surface area contributed by atoms with Crippen molar-refractivity contribution < 1.29 is 25.9 Å². The van der Waals surface area contributed by atoms with Crippen LogP contribution >= 0.6 is 0 Å². The van der Waals surface area contributed by atoms with Gasteiger partial charge in [-0.1, -0.05) is 84.3 Å². The Morgan fingerprint density at radius 2 is 1.55 bits per heavy atom. The van der Waals surface area contributed by atoms with E-state index in [2.05, 4.69) is 119 Å². The molecule has 0 unspecified atom stereocenters. The largest absolute Gasteiger partial charge is 0.501 e. The quantitative estimate of drug-likeness (QED) is 0.128. The molecule has 7 aromatic rings. The number of aryl methyl sites for hydroxylation is 1. The number of benzene rings is 4. The summed E-state index contributed by atoms with van der Waals surface area (Å²) in [6.45, 7) is 2.19. The molecular formula is C44H42GeIrN2O-2. The van der Waals surface area contributed by atoms with Crippen LogP contribution < -0.4 is 4.40 Å². The van der Waals surface area contributed by atoms with Crippen molar-refractivity contribution in [2.75, 3.05) is 0 Å². The number of hydrogen-bond donors (Lipinski definition) is 0. The van der Waals surface area contributed by atoms with Gasteiger partial charge in [0.15, 0.2) is 0 Å². The standard InChI is InChI=1S/C29H24NO.C15H18GeN.Ir/c1-3-8-20(9-4-1)22-14-15-24-25-12-7-13-26(29(25)31-28(24)19-22)27-18-23(16-17-30-27)21-10-5-2-6-11-21;1-12-10-15(13-8-6-5-7-9-13)17-11-14(12)16(2,3)4;/h1,3-4,7-9,12,14-19,21H,2,5-6,10-11H2;5-8,10-11H,1-4H3;/q2*-1;/i21D;;. The first-order chi connectivity index (χ1) is 23.7. The third kappa shape index (κ3) is 7.83. The van der Waals surface area contributed by atoms with E-state index in [1.807, 2.05) is 42.6 Å². The minimum absolute atomic E-state index is 0. The Morgan fingerprint density at radius 3 is 2.29 bits per heavy atom. The summed E-state index contributed by atoms with van der Waals surface area (Å²) in [7, 11) is 0. The Balaban J connectivity index is 0.000000204. The molecule has 5 heteroatoms. The van der Waals surface area contributed by atoms with Gasteiger partial charge in [-0.15, -0.1) is 18.2 Å². The fourth-order valence-electron chi connectivity index (χ4n) is 6.84. The predicted molar refractivity (Wildman–Crippen MR) is 203 cm³/mol. The summed E-state index contributed by atoms with van der Waals surface area (Å²) in [5.41, 5.74) is 10.2. The van der Waals surface area contributed by atoms with E-state index in [1.54, 1.807) is 0 Å². The van der Waals surface area contributed by atoms with Crippen molar-refractivity contribution in [2.24, 2.45) is 0 Å². The van der Waals surface area contributed by atoms with Crippen molar-refractivity contribution in [2.45, 2.75) is 62.2 Å². The first kappa shape index (κ1) is 33.7. The molecule has 49 heavy (non-hydrogen) atoms. The summed E-state index contributed by atoms with van der Waals surface area (Å²) >= 11 is -1.77. The second-order valence-corrected chi connectivity index (χ2v) is 24.4. The Morgan fingerprint density at radius 1 is 0.755 bits per heavy atom. The summed E-state index contributed by atoms with van der Waals surface area (Å²) in [5.74, 6) is 6.69. The number of rotatable bonds is 5. The molecule has 0 bridgehead atoms. The van der Waals surface area contributed by atoms with E-state index >= 15 is 0 Å². The zero-order valence-electron chi connectivity index (χ0n) is 29.6. The van der Waals surface area contributed by atoms with E-state index in [9.17, 15) is 0 Å². The molecule has 0 spiro atoms. The smallest absolute Gasteiger partial charge is 0.121 e. The molecule has 1 aliphatic carbocycles. The maximum absolute atomic E-state index is 9.02. The third-order valence-corrected chi connectivity index (χ3v) is 13.8. The molecule has 0 aliphatic heterocycles. The molecule has 8 rings (SSSR count). The molecule has 1 saturated carbocycles. The molecule has 0 amide bonds. The maximum Gasteiger partial charge on any atom is 0.121 e. The van der Waals surface area contributed by atoms with Crippen LogP contribution in [0.2, 0.25) is 17.3 Å². The van der Waals surface area contributed by atoms with Gasteiger partial charge in [-0.3, -0.25) is 0 Å². The van der Waals surface area contributed by atoms with Crippen molar-refractivity contribution in [3.63, 3.8) is 0 Å². The van der Waals surface area contributed by atoms with E-state index in [-0.39, 0.29) is 20.1 Å². The molecule has 3 heterocycles. The minimum Gasteiger partial charge on any atom is -0.501 e. The number of fused-ring (bicyclic) bond motifs is 3. The van der Waals surface area contributed by atoms with Crippen LogP contribution in [0.4, 0.5) is 0 Å². The predicted octanol–water partition coefficient (Wildman–Crippen LogP) is 11.6. The number of pyridine rings is 2. The van der Waals surface area contributed by atoms with Crippen molar-refractivity contribution >= 4 is 39.6 Å². The van der Waals surface area contributed by atoms with Gasteiger partial charge in [-0.05, 0) is 47.7 Å². The fraction of sp³-hybridized carbons (Fsp3) is 0.227. The summed E-state index contributed by atoms with van der Waals surface area (Å²) in [6, 6.07) is 41.6. The molecular weight excluding hydrogens is 837 g/mol. The van der Waals surface area contributed by atoms with Gasteiger partial charge >= 0.3 is 106 Å². The van der Waals surface area contributed by atoms with Crippen LogP contribution in [0.25, 0.3) is 55.6 Å². The average Bonchev–Trinajstić information content (AvgIpc) is 3.51. The van der Waals surface area contributed by atoms with Gasteiger partial charge in [-0.25, -0.2) is 0 Å². The van der Waals surface area contributed by atoms with Crippen LogP contribution in [0.3, 0.4) is 0 Å². The van der Waals surface area contributed by atoms with E-state index in [0.29, 0.717) is 0 Å². The second-order valence-electron chi connectivity index (χ2n) is 13.8. The van der Waals surface area contributed by atoms with Gasteiger partial charge in [0.05, 0.1) is 5.58 Å². The SMILES string of the molecule is Cc1cc(-c2[c-]cccc2)nc[c]1[Ge]([CH3])([CH3])[CH3].[2H]C1(c2ccnc(-c3[c-]ccc4c3oc3cc(-c5ccccc5)ccc34)c2)CCCCC1.[Ir]. The van der Waals surface area contributed by atoms with Crippen LogP contribution in [-0.2, 0) is 20.1 Å². The third-order valence-electron chi connectivity index (χ3n) is 9.33. The molecule has 3 nitrogen and oxygen atoms in total. The summed E-state index contributed by atoms with van der Waals surface area (Å²) in [5, 5.41) is 2.16. The zero-order chi connectivity index (χ0) is 34.0. The van der Waals surface area contributed by atoms with Crippen molar-refractivity contribution in [1.82, 2.24) is 9.97 Å². The Bertz CT molecular complexity index is 2220. The summed E-state index contributed by atoms with van der Waals surface area (Å²) in [6.07, 6.45) is 9.21. The van der Waals surface area contributed by atoms with Gasteiger partial charge < -0.3 is 9.40 Å². The maximum atomic E-state index is 9.02. The molecule has 1 aliphatic rings. The first-order valence-corrected chi connectivity index (χ1v) is 24.4. The molecule has 0 atom stereocenters. The Labute approximate surface area is 308 Å². The van der Waals surface area contributed by atoms with Crippen molar-refractivity contribution in [3.05, 3.63) is 139 Å². The van der Waals surface area contributed by atoms with Crippen LogP contribution in [0.1, 0.15) is 50.5 Å². The van der Waals surface area contributed by atoms with Crippen LogP contribution in [-0.4, -0.2) is 23.2 Å². The molecule has 0 N–H and O–H groups in total.